The summed E-state index contributed by atoms with van der Waals surface area (Å²) in [5.41, 5.74) is 1.19. The third-order valence-corrected chi connectivity index (χ3v) is 3.91. The van der Waals surface area contributed by atoms with Crippen LogP contribution in [0.5, 0.6) is 5.75 Å². The maximum Gasteiger partial charge on any atom is 0.137 e. The molecule has 1 aromatic carbocycles. The lowest BCUT2D eigenvalue weighted by Crippen LogP contribution is -2.23. The maximum absolute atomic E-state index is 9.58. The number of hydrogen-bond acceptors (Lipinski definition) is 3. The molecule has 0 saturated carbocycles. The average molecular weight is 270 g/mol. The molecule has 0 aliphatic carbocycles. The van der Waals surface area contributed by atoms with Crippen molar-refractivity contribution in [2.24, 2.45) is 5.92 Å². The maximum atomic E-state index is 9.58. The second-order valence-corrected chi connectivity index (χ2v) is 5.40. The molecule has 2 unspecified atom stereocenters. The van der Waals surface area contributed by atoms with Crippen molar-refractivity contribution >= 4 is 11.6 Å². The van der Waals surface area contributed by atoms with Crippen molar-refractivity contribution in [3.05, 3.63) is 28.8 Å². The number of aliphatic hydroxyl groups excluding tert-OH is 1. The van der Waals surface area contributed by atoms with Gasteiger partial charge in [0.15, 0.2) is 0 Å². The van der Waals surface area contributed by atoms with E-state index >= 15 is 0 Å². The van der Waals surface area contributed by atoms with Gasteiger partial charge < -0.3 is 9.84 Å². The summed E-state index contributed by atoms with van der Waals surface area (Å²) in [7, 11) is 1.62. The van der Waals surface area contributed by atoms with Gasteiger partial charge in [0.25, 0.3) is 0 Å². The van der Waals surface area contributed by atoms with Crippen LogP contribution in [0.3, 0.4) is 0 Å². The van der Waals surface area contributed by atoms with Gasteiger partial charge in [0.1, 0.15) is 5.75 Å². The van der Waals surface area contributed by atoms with Crippen LogP contribution in [0.1, 0.15) is 18.9 Å². The van der Waals surface area contributed by atoms with E-state index in [1.165, 1.54) is 5.56 Å². The van der Waals surface area contributed by atoms with E-state index in [0.29, 0.717) is 16.7 Å². The summed E-state index contributed by atoms with van der Waals surface area (Å²) < 4.78 is 5.14. The highest BCUT2D eigenvalue weighted by molar-refractivity contribution is 6.32. The molecule has 3 nitrogen and oxygen atoms in total. The first-order valence-corrected chi connectivity index (χ1v) is 6.70. The molecule has 0 radical (unpaired) electrons. The molecule has 1 heterocycles. The largest absolute Gasteiger partial charge is 0.495 e. The predicted molar refractivity (Wildman–Crippen MR) is 73.1 cm³/mol. The second-order valence-electron chi connectivity index (χ2n) is 4.99. The van der Waals surface area contributed by atoms with Gasteiger partial charge in [0.05, 0.1) is 18.2 Å². The molecule has 1 saturated heterocycles. The number of nitrogens with zero attached hydrogens (tertiary/aromatic N) is 1. The third-order valence-electron chi connectivity index (χ3n) is 3.61. The van der Waals surface area contributed by atoms with Crippen LogP contribution in [0.15, 0.2) is 18.2 Å². The van der Waals surface area contributed by atoms with Crippen molar-refractivity contribution in [2.75, 3.05) is 20.2 Å². The Labute approximate surface area is 113 Å². The zero-order valence-electron chi connectivity index (χ0n) is 10.9. The van der Waals surface area contributed by atoms with Crippen LogP contribution in [0.25, 0.3) is 0 Å². The quantitative estimate of drug-likeness (QED) is 0.912. The Morgan fingerprint density at radius 1 is 1.56 bits per heavy atom. The highest BCUT2D eigenvalue weighted by atomic mass is 35.5. The lowest BCUT2D eigenvalue weighted by molar-refractivity contribution is 0.127. The standard InChI is InChI=1S/C14H20ClNO2/c1-10(17)12-5-6-16(9-12)8-11-3-4-14(18-2)13(15)7-11/h3-4,7,10,12,17H,5-6,8-9H2,1-2H3. The Morgan fingerprint density at radius 2 is 2.33 bits per heavy atom. The van der Waals surface area contributed by atoms with E-state index in [2.05, 4.69) is 4.90 Å². The van der Waals surface area contributed by atoms with E-state index in [1.54, 1.807) is 7.11 Å². The number of methoxy groups -OCH3 is 1. The van der Waals surface area contributed by atoms with E-state index in [1.807, 2.05) is 25.1 Å². The van der Waals surface area contributed by atoms with Gasteiger partial charge in [-0.25, -0.2) is 0 Å². The average Bonchev–Trinajstić information content (AvgIpc) is 2.78. The Morgan fingerprint density at radius 3 is 2.89 bits per heavy atom. The minimum absolute atomic E-state index is 0.213. The first-order chi connectivity index (χ1) is 8.60. The number of ether oxygens (including phenoxy) is 1. The molecule has 18 heavy (non-hydrogen) atoms. The molecular formula is C14H20ClNO2. The summed E-state index contributed by atoms with van der Waals surface area (Å²) in [6.07, 6.45) is 0.858. The SMILES string of the molecule is COc1ccc(CN2CCC(C(C)O)C2)cc1Cl. The van der Waals surface area contributed by atoms with Gasteiger partial charge in [-0.05, 0) is 43.5 Å². The molecule has 1 fully saturated rings. The van der Waals surface area contributed by atoms with E-state index in [-0.39, 0.29) is 6.10 Å². The van der Waals surface area contributed by atoms with Crippen molar-refractivity contribution in [1.82, 2.24) is 4.90 Å². The van der Waals surface area contributed by atoms with Crippen molar-refractivity contribution in [3.63, 3.8) is 0 Å². The van der Waals surface area contributed by atoms with Crippen LogP contribution >= 0.6 is 11.6 Å². The van der Waals surface area contributed by atoms with Gasteiger partial charge in [0, 0.05) is 13.1 Å². The molecule has 0 bridgehead atoms. The molecule has 1 aliphatic rings. The zero-order valence-corrected chi connectivity index (χ0v) is 11.7. The molecule has 0 aromatic heterocycles. The van der Waals surface area contributed by atoms with Crippen LogP contribution in [-0.2, 0) is 6.54 Å². The molecular weight excluding hydrogens is 250 g/mol. The molecule has 100 valence electrons. The summed E-state index contributed by atoms with van der Waals surface area (Å²) >= 11 is 6.11. The third kappa shape index (κ3) is 3.16. The van der Waals surface area contributed by atoms with Crippen molar-refractivity contribution in [1.29, 1.82) is 0 Å². The minimum Gasteiger partial charge on any atom is -0.495 e. The first-order valence-electron chi connectivity index (χ1n) is 6.33. The van der Waals surface area contributed by atoms with Crippen LogP contribution in [-0.4, -0.2) is 36.3 Å². The Bertz CT molecular complexity index is 409. The van der Waals surface area contributed by atoms with E-state index < -0.39 is 0 Å². The van der Waals surface area contributed by atoms with Gasteiger partial charge in [-0.3, -0.25) is 4.90 Å². The first kappa shape index (κ1) is 13.7. The van der Waals surface area contributed by atoms with Crippen molar-refractivity contribution in [2.45, 2.75) is 26.0 Å². The van der Waals surface area contributed by atoms with E-state index in [9.17, 15) is 5.11 Å². The highest BCUT2D eigenvalue weighted by Gasteiger charge is 2.25. The Kier molecular flexibility index (Phi) is 4.49. The van der Waals surface area contributed by atoms with Crippen LogP contribution in [0.2, 0.25) is 5.02 Å². The fourth-order valence-corrected chi connectivity index (χ4v) is 2.75. The van der Waals surface area contributed by atoms with Gasteiger partial charge in [-0.2, -0.15) is 0 Å². The van der Waals surface area contributed by atoms with Crippen LogP contribution in [0.4, 0.5) is 0 Å². The lowest BCUT2D eigenvalue weighted by atomic mass is 10.0. The second kappa shape index (κ2) is 5.91. The molecule has 4 heteroatoms. The van der Waals surface area contributed by atoms with Gasteiger partial charge in [-0.15, -0.1) is 0 Å². The molecule has 1 aliphatic heterocycles. The zero-order chi connectivity index (χ0) is 13.1. The molecule has 1 aromatic rings. The molecule has 0 spiro atoms. The topological polar surface area (TPSA) is 32.7 Å². The minimum atomic E-state index is -0.213. The highest BCUT2D eigenvalue weighted by Crippen LogP contribution is 2.27. The number of benzene rings is 1. The number of halogens is 1. The summed E-state index contributed by atoms with van der Waals surface area (Å²) in [4.78, 5) is 2.36. The molecule has 0 amide bonds. The summed E-state index contributed by atoms with van der Waals surface area (Å²) in [5, 5.41) is 10.2. The summed E-state index contributed by atoms with van der Waals surface area (Å²) in [5.74, 6) is 1.11. The summed E-state index contributed by atoms with van der Waals surface area (Å²) in [6.45, 7) is 4.76. The fraction of sp³-hybridized carbons (Fsp3) is 0.571. The van der Waals surface area contributed by atoms with E-state index in [0.717, 1.165) is 26.1 Å². The van der Waals surface area contributed by atoms with Crippen molar-refractivity contribution < 1.29 is 9.84 Å². The molecule has 1 N–H and O–H groups in total. The van der Waals surface area contributed by atoms with Crippen LogP contribution in [0, 0.1) is 5.92 Å². The van der Waals surface area contributed by atoms with Crippen molar-refractivity contribution in [3.8, 4) is 5.75 Å². The van der Waals surface area contributed by atoms with E-state index in [4.69, 9.17) is 16.3 Å². The normalized spacial score (nSPS) is 22.1. The Hall–Kier alpha value is -0.770. The number of hydrogen-bond donors (Lipinski definition) is 1. The molecule has 2 atom stereocenters. The monoisotopic (exact) mass is 269 g/mol. The van der Waals surface area contributed by atoms with Crippen LogP contribution < -0.4 is 4.74 Å². The number of aliphatic hydroxyl groups is 1. The fourth-order valence-electron chi connectivity index (χ4n) is 2.47. The van der Waals surface area contributed by atoms with Gasteiger partial charge >= 0.3 is 0 Å². The lowest BCUT2D eigenvalue weighted by Gasteiger charge is -2.17. The Balaban J connectivity index is 1.96. The smallest absolute Gasteiger partial charge is 0.137 e. The summed E-state index contributed by atoms with van der Waals surface area (Å²) in [6, 6.07) is 5.90. The molecule has 2 rings (SSSR count). The predicted octanol–water partition coefficient (Wildman–Crippen LogP) is 2.55. The number of likely N-dealkylation sites (tertiary alicyclic amines) is 1. The number of rotatable bonds is 4. The van der Waals surface area contributed by atoms with Gasteiger partial charge in [0.2, 0.25) is 0 Å². The van der Waals surface area contributed by atoms with Gasteiger partial charge in [-0.1, -0.05) is 17.7 Å².